The van der Waals surface area contributed by atoms with Crippen LogP contribution in [0, 0.1) is 23.2 Å². The van der Waals surface area contributed by atoms with Gasteiger partial charge in [0.1, 0.15) is 17.8 Å². The van der Waals surface area contributed by atoms with Crippen molar-refractivity contribution in [3.05, 3.63) is 24.2 Å². The summed E-state index contributed by atoms with van der Waals surface area (Å²) in [5, 5.41) is 0. The molecule has 4 fully saturated rings. The fourth-order valence-corrected chi connectivity index (χ4v) is 6.80. The van der Waals surface area contributed by atoms with E-state index in [1.807, 2.05) is 12.1 Å². The van der Waals surface area contributed by atoms with Crippen molar-refractivity contribution < 1.29 is 23.6 Å². The van der Waals surface area contributed by atoms with E-state index in [2.05, 4.69) is 20.9 Å². The number of esters is 1. The molecule has 1 unspecified atom stereocenters. The van der Waals surface area contributed by atoms with Gasteiger partial charge in [-0.3, -0.25) is 4.79 Å². The van der Waals surface area contributed by atoms with E-state index in [-0.39, 0.29) is 29.0 Å². The van der Waals surface area contributed by atoms with Gasteiger partial charge in [-0.2, -0.15) is 0 Å². The third-order valence-electron chi connectivity index (χ3n) is 8.87. The second-order valence-electron chi connectivity index (χ2n) is 10.7. The molecule has 2 saturated carbocycles. The normalized spacial score (nSPS) is 42.8. The topological polar surface area (TPSA) is 56.4 Å². The average molecular weight is 403 g/mol. The maximum atomic E-state index is 12.8. The summed E-state index contributed by atoms with van der Waals surface area (Å²) in [4.78, 5) is 14.3. The lowest BCUT2D eigenvalue weighted by Gasteiger charge is -2.51. The summed E-state index contributed by atoms with van der Waals surface area (Å²) in [5.41, 5.74) is 0.406. The highest BCUT2D eigenvalue weighted by Gasteiger charge is 2.65. The first-order valence-electron chi connectivity index (χ1n) is 11.6. The van der Waals surface area contributed by atoms with Crippen molar-refractivity contribution in [2.75, 3.05) is 20.2 Å². The number of ether oxygens (including phenoxy) is 2. The van der Waals surface area contributed by atoms with Crippen molar-refractivity contribution in [2.45, 2.75) is 76.5 Å². The molecule has 1 aromatic rings. The molecule has 3 heterocycles. The third-order valence-corrected chi connectivity index (χ3v) is 8.87. The van der Waals surface area contributed by atoms with E-state index in [0.717, 1.165) is 44.6 Å². The molecule has 5 nitrogen and oxygen atoms in total. The second-order valence-corrected chi connectivity index (χ2v) is 10.7. The van der Waals surface area contributed by atoms with Crippen molar-refractivity contribution in [3.63, 3.8) is 0 Å². The fraction of sp³-hybridized carbons (Fsp3) is 0.792. The van der Waals surface area contributed by atoms with Crippen LogP contribution in [0.15, 0.2) is 22.8 Å². The van der Waals surface area contributed by atoms with Crippen LogP contribution in [0.3, 0.4) is 0 Å². The van der Waals surface area contributed by atoms with E-state index in [1.54, 1.807) is 6.26 Å². The smallest absolute Gasteiger partial charge is 0.315 e. The van der Waals surface area contributed by atoms with E-state index < -0.39 is 0 Å². The third kappa shape index (κ3) is 3.44. The highest BCUT2D eigenvalue weighted by Crippen LogP contribution is 2.62. The van der Waals surface area contributed by atoms with Crippen LogP contribution in [0.5, 0.6) is 0 Å². The summed E-state index contributed by atoms with van der Waals surface area (Å²) >= 11 is 0. The zero-order chi connectivity index (χ0) is 20.2. The van der Waals surface area contributed by atoms with Gasteiger partial charge in [-0.15, -0.1) is 0 Å². The summed E-state index contributed by atoms with van der Waals surface area (Å²) < 4.78 is 17.5. The lowest BCUT2D eigenvalue weighted by atomic mass is 9.53. The molecule has 1 aromatic heterocycles. The Kier molecular flexibility index (Phi) is 4.82. The van der Waals surface area contributed by atoms with Crippen LogP contribution < -0.4 is 4.90 Å². The van der Waals surface area contributed by atoms with Crippen LogP contribution in [-0.2, 0) is 20.7 Å². The van der Waals surface area contributed by atoms with Gasteiger partial charge in [0.15, 0.2) is 0 Å². The van der Waals surface area contributed by atoms with E-state index in [1.165, 1.54) is 24.2 Å². The first kappa shape index (κ1) is 19.6. The van der Waals surface area contributed by atoms with Crippen LogP contribution >= 0.6 is 0 Å². The van der Waals surface area contributed by atoms with Gasteiger partial charge in [-0.25, -0.2) is 0 Å². The Balaban J connectivity index is 1.24. The Morgan fingerprint density at radius 1 is 1.34 bits per heavy atom. The Bertz CT molecular complexity index is 742. The van der Waals surface area contributed by atoms with Crippen molar-refractivity contribution in [2.24, 2.45) is 23.2 Å². The van der Waals surface area contributed by atoms with Gasteiger partial charge < -0.3 is 18.8 Å². The number of hydrogen-bond acceptors (Lipinski definition) is 4. The van der Waals surface area contributed by atoms with E-state index in [0.29, 0.717) is 17.9 Å². The van der Waals surface area contributed by atoms with E-state index in [4.69, 9.17) is 13.9 Å². The molecule has 0 bridgehead atoms. The second kappa shape index (κ2) is 7.12. The summed E-state index contributed by atoms with van der Waals surface area (Å²) in [6.07, 6.45) is 9.72. The van der Waals surface area contributed by atoms with Gasteiger partial charge in [0, 0.05) is 18.8 Å². The Morgan fingerprint density at radius 2 is 2.17 bits per heavy atom. The van der Waals surface area contributed by atoms with Gasteiger partial charge in [0.2, 0.25) is 0 Å². The molecule has 8 atom stereocenters. The van der Waals surface area contributed by atoms with Crippen molar-refractivity contribution >= 4 is 5.97 Å². The van der Waals surface area contributed by atoms with Crippen LogP contribution in [0.1, 0.15) is 58.1 Å². The van der Waals surface area contributed by atoms with Crippen LogP contribution in [0.25, 0.3) is 0 Å². The lowest BCUT2D eigenvalue weighted by molar-refractivity contribution is -0.907. The lowest BCUT2D eigenvalue weighted by Crippen LogP contribution is -3.13. The first-order chi connectivity index (χ1) is 13.9. The number of aryl methyl sites for hydroxylation is 1. The highest BCUT2D eigenvalue weighted by molar-refractivity contribution is 5.75. The van der Waals surface area contributed by atoms with E-state index in [9.17, 15) is 4.79 Å². The zero-order valence-corrected chi connectivity index (χ0v) is 18.1. The minimum Gasteiger partial charge on any atom is -0.469 e. The molecule has 0 amide bonds. The van der Waals surface area contributed by atoms with Crippen molar-refractivity contribution in [3.8, 4) is 0 Å². The molecule has 1 spiro atoms. The molecule has 29 heavy (non-hydrogen) atoms. The summed E-state index contributed by atoms with van der Waals surface area (Å²) in [6, 6.07) is 4.47. The predicted octanol–water partition coefficient (Wildman–Crippen LogP) is 2.64. The monoisotopic (exact) mass is 402 g/mol. The van der Waals surface area contributed by atoms with Gasteiger partial charge in [0.25, 0.3) is 0 Å². The van der Waals surface area contributed by atoms with Gasteiger partial charge in [-0.05, 0) is 62.5 Å². The number of fused-ring (bicyclic) bond motifs is 3. The summed E-state index contributed by atoms with van der Waals surface area (Å²) in [7, 11) is 2.23. The number of furan rings is 1. The zero-order valence-electron chi connectivity index (χ0n) is 18.1. The van der Waals surface area contributed by atoms with Crippen LogP contribution in [0.4, 0.5) is 0 Å². The number of epoxide rings is 1. The first-order valence-corrected chi connectivity index (χ1v) is 11.6. The predicted molar refractivity (Wildman–Crippen MR) is 108 cm³/mol. The van der Waals surface area contributed by atoms with Crippen molar-refractivity contribution in [1.29, 1.82) is 0 Å². The van der Waals surface area contributed by atoms with Crippen LogP contribution in [0.2, 0.25) is 0 Å². The maximum absolute atomic E-state index is 12.8. The van der Waals surface area contributed by atoms with Gasteiger partial charge in [0.05, 0.1) is 38.1 Å². The molecular formula is C24H36NO4+. The van der Waals surface area contributed by atoms with Crippen molar-refractivity contribution in [1.82, 2.24) is 0 Å². The maximum Gasteiger partial charge on any atom is 0.315 e. The SMILES string of the molecule is C[C@H](CCc1ccco1)[NH+](C)C[C@H]1C(=O)O[C@@H]2C[C@@]3(C)CCC[C@@]4(CO4)[C@@H]3C[C@@H]21. The number of nitrogens with one attached hydrogen (secondary N) is 1. The molecule has 2 aliphatic heterocycles. The molecule has 1 N–H and O–H groups in total. The Labute approximate surface area is 174 Å². The number of rotatable bonds is 6. The Morgan fingerprint density at radius 3 is 2.90 bits per heavy atom. The van der Waals surface area contributed by atoms with Gasteiger partial charge >= 0.3 is 5.97 Å². The number of carbonyl (C=O) groups excluding carboxylic acids is 1. The average Bonchev–Trinajstić information content (AvgIpc) is 3.13. The van der Waals surface area contributed by atoms with Gasteiger partial charge in [-0.1, -0.05) is 6.92 Å². The van der Waals surface area contributed by atoms with E-state index >= 15 is 0 Å². The minimum absolute atomic E-state index is 0.0355. The summed E-state index contributed by atoms with van der Waals surface area (Å²) in [6.45, 7) is 6.50. The highest BCUT2D eigenvalue weighted by atomic mass is 16.6. The molecule has 4 aliphatic rings. The molecule has 0 aromatic carbocycles. The standard InChI is InChI=1S/C24H35NO4/c1-16(7-8-17-6-4-11-27-17)25(3)14-19-18-12-21-23(2,13-20(18)29-22(19)26)9-5-10-24(21)15-28-24/h4,6,11,16,18-21H,5,7-10,12-15H2,1-3H3/p+1/t16-,18-,19-,20-,21-,23-,24-/m1/s1. The molecule has 5 heteroatoms. The number of hydrogen-bond donors (Lipinski definition) is 1. The fourth-order valence-electron chi connectivity index (χ4n) is 6.80. The number of quaternary nitrogens is 1. The molecule has 160 valence electrons. The molecule has 5 rings (SSSR count). The quantitative estimate of drug-likeness (QED) is 0.587. The number of carbonyl (C=O) groups is 1. The molecular weight excluding hydrogens is 366 g/mol. The largest absolute Gasteiger partial charge is 0.469 e. The molecule has 2 aliphatic carbocycles. The molecule has 0 radical (unpaired) electrons. The Hall–Kier alpha value is -1.33. The minimum atomic E-state index is 0.0355. The summed E-state index contributed by atoms with van der Waals surface area (Å²) in [5.74, 6) is 2.09. The molecule has 2 saturated heterocycles. The van der Waals surface area contributed by atoms with Crippen LogP contribution in [-0.4, -0.2) is 43.9 Å².